The van der Waals surface area contributed by atoms with Gasteiger partial charge < -0.3 is 10.6 Å². The zero-order valence-corrected chi connectivity index (χ0v) is 12.9. The third-order valence-electron chi connectivity index (χ3n) is 2.18. The Labute approximate surface area is 122 Å². The van der Waals surface area contributed by atoms with Crippen molar-refractivity contribution in [1.29, 1.82) is 0 Å². The molecule has 6 heteroatoms. The number of hydrogen-bond acceptors (Lipinski definition) is 4. The Hall–Kier alpha value is -1.14. The molecular weight excluding hydrogens is 360 g/mol. The molecule has 94 valence electrons. The van der Waals surface area contributed by atoms with Crippen molar-refractivity contribution in [2.24, 2.45) is 0 Å². The summed E-state index contributed by atoms with van der Waals surface area (Å²) in [5, 5.41) is 6.32. The average molecular weight is 372 g/mol. The summed E-state index contributed by atoms with van der Waals surface area (Å²) in [6, 6.07) is 7.76. The van der Waals surface area contributed by atoms with E-state index in [2.05, 4.69) is 52.5 Å². The first kappa shape index (κ1) is 13.3. The highest BCUT2D eigenvalue weighted by molar-refractivity contribution is 9.11. The summed E-state index contributed by atoms with van der Waals surface area (Å²) in [6.07, 6.45) is 1.72. The van der Waals surface area contributed by atoms with Gasteiger partial charge in [0.1, 0.15) is 5.82 Å². The number of nitrogens with zero attached hydrogens (tertiary/aromatic N) is 2. The van der Waals surface area contributed by atoms with Crippen LogP contribution in [0, 0.1) is 0 Å². The lowest BCUT2D eigenvalue weighted by molar-refractivity contribution is 1.09. The van der Waals surface area contributed by atoms with Crippen LogP contribution in [0.4, 0.5) is 17.5 Å². The molecule has 0 aliphatic carbocycles. The van der Waals surface area contributed by atoms with Gasteiger partial charge in [0, 0.05) is 21.7 Å². The topological polar surface area (TPSA) is 49.8 Å². The molecule has 0 saturated heterocycles. The highest BCUT2D eigenvalue weighted by Gasteiger charge is 2.03. The van der Waals surface area contributed by atoms with Crippen molar-refractivity contribution in [2.75, 3.05) is 17.2 Å². The SMILES string of the molecule is CCNc1nccc(Nc2cc(Br)ccc2Br)n1. The highest BCUT2D eigenvalue weighted by Crippen LogP contribution is 2.28. The molecule has 0 bridgehead atoms. The average Bonchev–Trinajstić information content (AvgIpc) is 2.35. The fourth-order valence-corrected chi connectivity index (χ4v) is 2.11. The first-order chi connectivity index (χ1) is 8.69. The van der Waals surface area contributed by atoms with Crippen molar-refractivity contribution in [3.63, 3.8) is 0 Å². The van der Waals surface area contributed by atoms with E-state index in [1.54, 1.807) is 6.20 Å². The van der Waals surface area contributed by atoms with E-state index in [-0.39, 0.29) is 0 Å². The first-order valence-corrected chi connectivity index (χ1v) is 7.06. The fourth-order valence-electron chi connectivity index (χ4n) is 1.40. The van der Waals surface area contributed by atoms with Crippen molar-refractivity contribution in [2.45, 2.75) is 6.92 Å². The van der Waals surface area contributed by atoms with Gasteiger partial charge in [-0.25, -0.2) is 4.98 Å². The Morgan fingerprint density at radius 1 is 1.22 bits per heavy atom. The number of nitrogens with one attached hydrogen (secondary N) is 2. The predicted octanol–water partition coefficient (Wildman–Crippen LogP) is 4.18. The minimum atomic E-state index is 0.619. The summed E-state index contributed by atoms with van der Waals surface area (Å²) in [5.74, 6) is 1.37. The smallest absolute Gasteiger partial charge is 0.224 e. The van der Waals surface area contributed by atoms with Gasteiger partial charge in [0.2, 0.25) is 5.95 Å². The maximum atomic E-state index is 4.36. The molecule has 1 heterocycles. The number of halogens is 2. The molecule has 0 fully saturated rings. The molecule has 2 aromatic rings. The van der Waals surface area contributed by atoms with E-state index in [0.29, 0.717) is 5.95 Å². The van der Waals surface area contributed by atoms with E-state index < -0.39 is 0 Å². The van der Waals surface area contributed by atoms with Crippen molar-refractivity contribution < 1.29 is 0 Å². The van der Waals surface area contributed by atoms with Crippen molar-refractivity contribution >= 4 is 49.3 Å². The lowest BCUT2D eigenvalue weighted by atomic mass is 10.3. The van der Waals surface area contributed by atoms with Crippen molar-refractivity contribution in [1.82, 2.24) is 9.97 Å². The Morgan fingerprint density at radius 2 is 2.06 bits per heavy atom. The van der Waals surface area contributed by atoms with E-state index in [9.17, 15) is 0 Å². The largest absolute Gasteiger partial charge is 0.354 e. The molecule has 4 nitrogen and oxygen atoms in total. The summed E-state index contributed by atoms with van der Waals surface area (Å²) in [7, 11) is 0. The number of rotatable bonds is 4. The molecule has 1 aromatic heterocycles. The van der Waals surface area contributed by atoms with Crippen LogP contribution in [0.25, 0.3) is 0 Å². The molecule has 0 unspecified atom stereocenters. The monoisotopic (exact) mass is 370 g/mol. The number of hydrogen-bond donors (Lipinski definition) is 2. The zero-order valence-electron chi connectivity index (χ0n) is 9.74. The lowest BCUT2D eigenvalue weighted by Crippen LogP contribution is -2.03. The second kappa shape index (κ2) is 6.15. The molecule has 0 aliphatic rings. The summed E-state index contributed by atoms with van der Waals surface area (Å²) in [5.41, 5.74) is 0.950. The molecule has 2 N–H and O–H groups in total. The van der Waals surface area contributed by atoms with Crippen LogP contribution in [-0.4, -0.2) is 16.5 Å². The van der Waals surface area contributed by atoms with Gasteiger partial charge in [-0.3, -0.25) is 0 Å². The van der Waals surface area contributed by atoms with E-state index in [1.165, 1.54) is 0 Å². The second-order valence-electron chi connectivity index (χ2n) is 3.54. The highest BCUT2D eigenvalue weighted by atomic mass is 79.9. The predicted molar refractivity (Wildman–Crippen MR) is 81.3 cm³/mol. The van der Waals surface area contributed by atoms with Gasteiger partial charge in [-0.1, -0.05) is 15.9 Å². The Bertz CT molecular complexity index is 545. The quantitative estimate of drug-likeness (QED) is 0.846. The van der Waals surface area contributed by atoms with Gasteiger partial charge in [-0.05, 0) is 47.1 Å². The summed E-state index contributed by atoms with van der Waals surface area (Å²) >= 11 is 6.94. The Kier molecular flexibility index (Phi) is 4.54. The third kappa shape index (κ3) is 3.43. The molecule has 0 atom stereocenters. The maximum Gasteiger partial charge on any atom is 0.224 e. The molecule has 2 rings (SSSR count). The Morgan fingerprint density at radius 3 is 2.83 bits per heavy atom. The molecule has 18 heavy (non-hydrogen) atoms. The minimum Gasteiger partial charge on any atom is -0.354 e. The van der Waals surface area contributed by atoms with Crippen LogP contribution >= 0.6 is 31.9 Å². The normalized spacial score (nSPS) is 10.2. The van der Waals surface area contributed by atoms with Gasteiger partial charge in [0.25, 0.3) is 0 Å². The first-order valence-electron chi connectivity index (χ1n) is 5.48. The zero-order chi connectivity index (χ0) is 13.0. The van der Waals surface area contributed by atoms with E-state index >= 15 is 0 Å². The lowest BCUT2D eigenvalue weighted by Gasteiger charge is -2.09. The molecule has 1 aromatic carbocycles. The molecule has 0 spiro atoms. The standard InChI is InChI=1S/C12H12Br2N4/c1-2-15-12-16-6-5-11(18-12)17-10-7-8(13)3-4-9(10)14/h3-7H,2H2,1H3,(H2,15,16,17,18). The molecule has 0 saturated carbocycles. The molecular formula is C12H12Br2N4. The number of anilines is 3. The van der Waals surface area contributed by atoms with Crippen LogP contribution in [0.5, 0.6) is 0 Å². The van der Waals surface area contributed by atoms with Crippen molar-refractivity contribution in [3.05, 3.63) is 39.4 Å². The minimum absolute atomic E-state index is 0.619. The molecule has 0 amide bonds. The fraction of sp³-hybridized carbons (Fsp3) is 0.167. The summed E-state index contributed by atoms with van der Waals surface area (Å²) in [6.45, 7) is 2.80. The van der Waals surface area contributed by atoms with Crippen LogP contribution in [0.15, 0.2) is 39.4 Å². The van der Waals surface area contributed by atoms with Crippen LogP contribution in [0.1, 0.15) is 6.92 Å². The van der Waals surface area contributed by atoms with Gasteiger partial charge >= 0.3 is 0 Å². The summed E-state index contributed by atoms with van der Waals surface area (Å²) in [4.78, 5) is 8.49. The van der Waals surface area contributed by atoms with Gasteiger partial charge in [-0.15, -0.1) is 0 Å². The van der Waals surface area contributed by atoms with Crippen LogP contribution in [0.2, 0.25) is 0 Å². The molecule has 0 radical (unpaired) electrons. The summed E-state index contributed by atoms with van der Waals surface area (Å²) < 4.78 is 1.99. The van der Waals surface area contributed by atoms with E-state index in [1.807, 2.05) is 31.2 Å². The van der Waals surface area contributed by atoms with Gasteiger partial charge in [0.15, 0.2) is 0 Å². The molecule has 0 aliphatic heterocycles. The van der Waals surface area contributed by atoms with Crippen molar-refractivity contribution in [3.8, 4) is 0 Å². The van der Waals surface area contributed by atoms with Crippen LogP contribution < -0.4 is 10.6 Å². The number of aromatic nitrogens is 2. The third-order valence-corrected chi connectivity index (χ3v) is 3.37. The van der Waals surface area contributed by atoms with Gasteiger partial charge in [-0.2, -0.15) is 4.98 Å². The Balaban J connectivity index is 2.22. The van der Waals surface area contributed by atoms with Crippen LogP contribution in [0.3, 0.4) is 0 Å². The number of benzene rings is 1. The van der Waals surface area contributed by atoms with E-state index in [0.717, 1.165) is 27.0 Å². The van der Waals surface area contributed by atoms with E-state index in [4.69, 9.17) is 0 Å². The van der Waals surface area contributed by atoms with Gasteiger partial charge in [0.05, 0.1) is 5.69 Å². The maximum absolute atomic E-state index is 4.36. The second-order valence-corrected chi connectivity index (χ2v) is 5.31. The van der Waals surface area contributed by atoms with Crippen LogP contribution in [-0.2, 0) is 0 Å².